The van der Waals surface area contributed by atoms with Crippen LogP contribution in [-0.4, -0.2) is 86.2 Å². The summed E-state index contributed by atoms with van der Waals surface area (Å²) in [6.45, 7) is 2.59. The number of aryl methyl sites for hydroxylation is 1. The van der Waals surface area contributed by atoms with E-state index in [0.717, 1.165) is 29.5 Å². The van der Waals surface area contributed by atoms with Crippen molar-refractivity contribution in [1.82, 2.24) is 14.2 Å². The number of aromatic amines is 1. The van der Waals surface area contributed by atoms with Gasteiger partial charge in [0.15, 0.2) is 9.84 Å². The lowest BCUT2D eigenvalue weighted by atomic mass is 9.80. The van der Waals surface area contributed by atoms with Gasteiger partial charge >= 0.3 is 5.69 Å². The van der Waals surface area contributed by atoms with Crippen LogP contribution in [0.15, 0.2) is 130 Å². The van der Waals surface area contributed by atoms with Crippen LogP contribution in [0.25, 0.3) is 0 Å². The zero-order valence-corrected chi connectivity index (χ0v) is 34.8. The molecular formula is C44H48N3O10PS. The van der Waals surface area contributed by atoms with Gasteiger partial charge in [0.25, 0.3) is 14.1 Å². The summed E-state index contributed by atoms with van der Waals surface area (Å²) in [5.74, 6) is 1.24. The quantitative estimate of drug-likeness (QED) is 0.0982. The van der Waals surface area contributed by atoms with Crippen LogP contribution in [0.3, 0.4) is 0 Å². The van der Waals surface area contributed by atoms with Crippen molar-refractivity contribution in [3.63, 3.8) is 0 Å². The topological polar surface area (TPSA) is 148 Å². The third-order valence-electron chi connectivity index (χ3n) is 11.3. The Kier molecular flexibility index (Phi) is 12.2. The number of fused-ring (bicyclic) bond motifs is 1. The van der Waals surface area contributed by atoms with Gasteiger partial charge in [-0.15, -0.1) is 0 Å². The second-order valence-corrected chi connectivity index (χ2v) is 18.5. The number of H-pyrrole nitrogens is 1. The molecule has 6 atom stereocenters. The van der Waals surface area contributed by atoms with Gasteiger partial charge in [-0.3, -0.25) is 14.3 Å². The molecule has 3 saturated heterocycles. The number of nitrogens with zero attached hydrogens (tertiary/aromatic N) is 2. The highest BCUT2D eigenvalue weighted by atomic mass is 32.2. The minimum absolute atomic E-state index is 0.0616. The zero-order chi connectivity index (χ0) is 41.1. The van der Waals surface area contributed by atoms with E-state index < -0.39 is 59.6 Å². The number of ether oxygens (including phenoxy) is 4. The first-order valence-electron chi connectivity index (χ1n) is 19.7. The fourth-order valence-corrected chi connectivity index (χ4v) is 11.9. The summed E-state index contributed by atoms with van der Waals surface area (Å²) in [6.07, 6.45) is 1.35. The van der Waals surface area contributed by atoms with Crippen LogP contribution in [0.2, 0.25) is 0 Å². The average molecular weight is 842 g/mol. The highest BCUT2D eigenvalue weighted by molar-refractivity contribution is 7.91. The van der Waals surface area contributed by atoms with Crippen molar-refractivity contribution in [2.45, 2.75) is 73.7 Å². The molecule has 59 heavy (non-hydrogen) atoms. The van der Waals surface area contributed by atoms with Gasteiger partial charge in [-0.25, -0.2) is 17.9 Å². The summed E-state index contributed by atoms with van der Waals surface area (Å²) in [4.78, 5) is 27.8. The van der Waals surface area contributed by atoms with Gasteiger partial charge in [0.2, 0.25) is 0 Å². The zero-order valence-electron chi connectivity index (χ0n) is 33.1. The largest absolute Gasteiger partial charge is 0.497 e. The second kappa shape index (κ2) is 17.5. The molecule has 1 N–H and O–H groups in total. The maximum absolute atomic E-state index is 13.5. The van der Waals surface area contributed by atoms with E-state index in [1.807, 2.05) is 78.9 Å². The fraction of sp³-hybridized carbons (Fsp3) is 0.364. The van der Waals surface area contributed by atoms with E-state index in [0.29, 0.717) is 30.0 Å². The van der Waals surface area contributed by atoms with Gasteiger partial charge in [0, 0.05) is 30.8 Å². The van der Waals surface area contributed by atoms with Crippen LogP contribution in [0.5, 0.6) is 11.5 Å². The lowest BCUT2D eigenvalue weighted by Gasteiger charge is -2.37. The van der Waals surface area contributed by atoms with E-state index in [2.05, 4.69) is 9.65 Å². The molecule has 5 aromatic rings. The molecule has 0 aliphatic carbocycles. The Balaban J connectivity index is 1.13. The Labute approximate surface area is 344 Å². The van der Waals surface area contributed by atoms with E-state index in [1.165, 1.54) is 10.8 Å². The Morgan fingerprint density at radius 1 is 0.831 bits per heavy atom. The monoisotopic (exact) mass is 841 g/mol. The minimum Gasteiger partial charge on any atom is -0.497 e. The molecule has 1 aromatic heterocycles. The first-order valence-corrected chi connectivity index (χ1v) is 22.5. The van der Waals surface area contributed by atoms with Crippen molar-refractivity contribution in [2.75, 3.05) is 33.1 Å². The predicted molar refractivity (Wildman–Crippen MR) is 222 cm³/mol. The average Bonchev–Trinajstić information content (AvgIpc) is 3.98. The molecule has 8 rings (SSSR count). The number of benzene rings is 4. The summed E-state index contributed by atoms with van der Waals surface area (Å²) in [5, 5.41) is 0. The molecule has 0 radical (unpaired) electrons. The van der Waals surface area contributed by atoms with Gasteiger partial charge in [0.1, 0.15) is 23.2 Å². The first-order chi connectivity index (χ1) is 28.6. The van der Waals surface area contributed by atoms with Crippen LogP contribution in [0, 0.1) is 6.92 Å². The molecule has 310 valence electrons. The van der Waals surface area contributed by atoms with Crippen molar-refractivity contribution in [2.24, 2.45) is 0 Å². The molecule has 4 heterocycles. The third kappa shape index (κ3) is 8.54. The molecule has 0 unspecified atom stereocenters. The SMILES string of the molecule is COc1ccc(C(OC[C@H]2O[C@@H](Cn3cc(C)c(=O)[nH]c3=O)C[C@@H]2O[P@]2O[C@H](CS(=O)(=O)c3ccccc3)[C@@H]3CCCN32)(c2ccccc2)c2ccc(OC)cc2)cc1. The van der Waals surface area contributed by atoms with E-state index >= 15 is 0 Å². The van der Waals surface area contributed by atoms with Crippen LogP contribution in [0.1, 0.15) is 41.5 Å². The summed E-state index contributed by atoms with van der Waals surface area (Å²) < 4.78 is 69.3. The maximum Gasteiger partial charge on any atom is 0.328 e. The van der Waals surface area contributed by atoms with Gasteiger partial charge < -0.3 is 28.0 Å². The number of sulfone groups is 1. The van der Waals surface area contributed by atoms with Crippen molar-refractivity contribution in [3.05, 3.63) is 158 Å². The first kappa shape index (κ1) is 41.1. The Morgan fingerprint density at radius 2 is 1.44 bits per heavy atom. The fourth-order valence-electron chi connectivity index (χ4n) is 8.32. The normalized spacial score (nSPS) is 23.3. The van der Waals surface area contributed by atoms with Crippen LogP contribution in [-0.2, 0) is 40.5 Å². The van der Waals surface area contributed by atoms with Crippen molar-refractivity contribution >= 4 is 18.4 Å². The lowest BCUT2D eigenvalue weighted by molar-refractivity contribution is -0.0812. The molecule has 0 bridgehead atoms. The Hall–Kier alpha value is -4.66. The Morgan fingerprint density at radius 3 is 2.07 bits per heavy atom. The van der Waals surface area contributed by atoms with E-state index in [1.54, 1.807) is 51.5 Å². The predicted octanol–water partition coefficient (Wildman–Crippen LogP) is 5.98. The lowest BCUT2D eigenvalue weighted by Crippen LogP contribution is -2.38. The van der Waals surface area contributed by atoms with Gasteiger partial charge in [0.05, 0.1) is 56.3 Å². The van der Waals surface area contributed by atoms with Gasteiger partial charge in [-0.1, -0.05) is 72.8 Å². The van der Waals surface area contributed by atoms with E-state index in [-0.39, 0.29) is 29.8 Å². The maximum atomic E-state index is 13.5. The highest BCUT2D eigenvalue weighted by Gasteiger charge is 2.51. The van der Waals surface area contributed by atoms with Crippen LogP contribution >= 0.6 is 8.53 Å². The molecule has 0 saturated carbocycles. The molecular weight excluding hydrogens is 794 g/mol. The second-order valence-electron chi connectivity index (χ2n) is 15.1. The number of aromatic nitrogens is 2. The highest BCUT2D eigenvalue weighted by Crippen LogP contribution is 2.58. The third-order valence-corrected chi connectivity index (χ3v) is 14.9. The Bertz CT molecular complexity index is 2380. The van der Waals surface area contributed by atoms with Crippen LogP contribution in [0.4, 0.5) is 0 Å². The van der Waals surface area contributed by atoms with E-state index in [9.17, 15) is 18.0 Å². The van der Waals surface area contributed by atoms with Gasteiger partial charge in [-0.05, 0) is 72.9 Å². The molecule has 3 aliphatic rings. The molecule has 15 heteroatoms. The summed E-state index contributed by atoms with van der Waals surface area (Å²) in [6, 6.07) is 33.8. The van der Waals surface area contributed by atoms with Crippen molar-refractivity contribution in [3.8, 4) is 11.5 Å². The van der Waals surface area contributed by atoms with Crippen molar-refractivity contribution < 1.29 is 36.4 Å². The summed E-state index contributed by atoms with van der Waals surface area (Å²) in [7, 11) is -2.05. The summed E-state index contributed by atoms with van der Waals surface area (Å²) >= 11 is 0. The van der Waals surface area contributed by atoms with Crippen LogP contribution < -0.4 is 20.7 Å². The minimum atomic E-state index is -3.63. The molecule has 0 spiro atoms. The number of hydrogen-bond donors (Lipinski definition) is 1. The van der Waals surface area contributed by atoms with E-state index in [4.69, 9.17) is 28.0 Å². The number of methoxy groups -OCH3 is 2. The molecule has 13 nitrogen and oxygen atoms in total. The molecule has 3 fully saturated rings. The number of hydrogen-bond acceptors (Lipinski definition) is 11. The molecule has 3 aliphatic heterocycles. The van der Waals surface area contributed by atoms with Crippen molar-refractivity contribution in [1.29, 1.82) is 0 Å². The molecule has 0 amide bonds. The number of rotatable bonds is 15. The standard InChI is InChI=1S/C44H48N3O10PS/c1-30-26-46(43(49)45-42(30)48)27-36-25-39(56-58-47-24-10-15-38(47)41(57-58)29-59(50,51)37-13-8-5-9-14-37)40(55-36)28-54-44(31-11-6-4-7-12-31,32-16-20-34(52-2)21-17-32)33-18-22-35(53-3)23-19-33/h4-9,11-14,16-23,26,36,38-41H,10,15,24-25,27-29H2,1-3H3,(H,45,48,49)/t36-,38+,39+,40-,41-,58-/m1/s1. The smallest absolute Gasteiger partial charge is 0.328 e. The molecule has 4 aromatic carbocycles. The summed E-state index contributed by atoms with van der Waals surface area (Å²) in [5.41, 5.74) is 0.876. The van der Waals surface area contributed by atoms with Gasteiger partial charge in [-0.2, -0.15) is 0 Å². The number of nitrogens with one attached hydrogen (secondary N) is 1.